The first kappa shape index (κ1) is 20.0. The molecule has 0 unspecified atom stereocenters. The first-order valence-corrected chi connectivity index (χ1v) is 8.41. The smallest absolute Gasteiger partial charge is 0.224 e. The summed E-state index contributed by atoms with van der Waals surface area (Å²) in [5.41, 5.74) is 2.55. The molecule has 2 amide bonds. The van der Waals surface area contributed by atoms with Gasteiger partial charge in [-0.15, -0.1) is 0 Å². The number of methoxy groups -OCH3 is 1. The summed E-state index contributed by atoms with van der Waals surface area (Å²) in [5.74, 6) is 0.881. The van der Waals surface area contributed by atoms with Gasteiger partial charge in [-0.25, -0.2) is 0 Å². The number of benzene rings is 1. The van der Waals surface area contributed by atoms with E-state index in [0.29, 0.717) is 48.0 Å². The molecule has 144 valence electrons. The largest absolute Gasteiger partial charge is 0.493 e. The lowest BCUT2D eigenvalue weighted by molar-refractivity contribution is -0.116. The lowest BCUT2D eigenvalue weighted by Crippen LogP contribution is -2.12. The summed E-state index contributed by atoms with van der Waals surface area (Å²) in [4.78, 5) is 33.5. The van der Waals surface area contributed by atoms with Crippen molar-refractivity contribution in [3.05, 3.63) is 35.7 Å². The maximum absolute atomic E-state index is 12.0. The van der Waals surface area contributed by atoms with Crippen LogP contribution in [-0.4, -0.2) is 36.9 Å². The van der Waals surface area contributed by atoms with Gasteiger partial charge in [0, 0.05) is 31.4 Å². The number of anilines is 2. The van der Waals surface area contributed by atoms with Crippen molar-refractivity contribution in [2.24, 2.45) is 7.05 Å². The van der Waals surface area contributed by atoms with Crippen LogP contribution in [0.15, 0.2) is 24.4 Å². The van der Waals surface area contributed by atoms with Crippen molar-refractivity contribution in [3.8, 4) is 11.5 Å². The number of amides is 2. The number of aromatic nitrogens is 1. The Morgan fingerprint density at radius 3 is 2.63 bits per heavy atom. The molecule has 27 heavy (non-hydrogen) atoms. The predicted molar refractivity (Wildman–Crippen MR) is 102 cm³/mol. The summed E-state index contributed by atoms with van der Waals surface area (Å²) in [5, 5.41) is 5.35. The lowest BCUT2D eigenvalue weighted by atomic mass is 10.1. The molecule has 1 aromatic carbocycles. The van der Waals surface area contributed by atoms with Gasteiger partial charge in [0.2, 0.25) is 12.3 Å². The van der Waals surface area contributed by atoms with Crippen LogP contribution < -0.4 is 20.1 Å². The number of rotatable bonds is 10. The summed E-state index contributed by atoms with van der Waals surface area (Å²) in [6.45, 7) is 2.16. The highest BCUT2D eigenvalue weighted by Crippen LogP contribution is 2.33. The summed E-state index contributed by atoms with van der Waals surface area (Å²) in [6, 6.07) is 5.07. The third-order valence-electron chi connectivity index (χ3n) is 3.98. The Labute approximate surface area is 157 Å². The fraction of sp³-hybridized carbons (Fsp3) is 0.316. The van der Waals surface area contributed by atoms with E-state index in [-0.39, 0.29) is 12.3 Å². The molecule has 0 bridgehead atoms. The Kier molecular flexibility index (Phi) is 6.99. The molecule has 0 saturated heterocycles. The second kappa shape index (κ2) is 9.42. The molecule has 0 fully saturated rings. The zero-order valence-corrected chi connectivity index (χ0v) is 15.6. The summed E-state index contributed by atoms with van der Waals surface area (Å²) in [7, 11) is 3.27. The van der Waals surface area contributed by atoms with Crippen LogP contribution in [0.25, 0.3) is 0 Å². The van der Waals surface area contributed by atoms with Crippen molar-refractivity contribution in [2.75, 3.05) is 24.4 Å². The third-order valence-corrected chi connectivity index (χ3v) is 3.98. The summed E-state index contributed by atoms with van der Waals surface area (Å²) < 4.78 is 12.6. The number of nitrogens with zero attached hydrogens (tertiary/aromatic N) is 1. The van der Waals surface area contributed by atoms with Crippen molar-refractivity contribution in [1.82, 2.24) is 4.57 Å². The van der Waals surface area contributed by atoms with Crippen LogP contribution in [0.2, 0.25) is 0 Å². The number of aldehydes is 1. The van der Waals surface area contributed by atoms with Crippen LogP contribution in [0.5, 0.6) is 11.5 Å². The summed E-state index contributed by atoms with van der Waals surface area (Å²) in [6.07, 6.45) is 3.76. The quantitative estimate of drug-likeness (QED) is 0.492. The van der Waals surface area contributed by atoms with Gasteiger partial charge in [-0.3, -0.25) is 14.4 Å². The number of carbonyl (C=O) groups is 3. The molecular formula is C19H23N3O5. The van der Waals surface area contributed by atoms with E-state index in [1.165, 1.54) is 7.11 Å². The first-order valence-electron chi connectivity index (χ1n) is 8.41. The van der Waals surface area contributed by atoms with E-state index in [1.807, 2.05) is 6.92 Å². The van der Waals surface area contributed by atoms with Crippen molar-refractivity contribution in [2.45, 2.75) is 19.8 Å². The van der Waals surface area contributed by atoms with Crippen LogP contribution in [0.4, 0.5) is 11.4 Å². The number of ether oxygens (including phenoxy) is 2. The van der Waals surface area contributed by atoms with Gasteiger partial charge in [0.15, 0.2) is 17.8 Å². The molecule has 8 heteroatoms. The van der Waals surface area contributed by atoms with Gasteiger partial charge in [-0.2, -0.15) is 0 Å². The molecule has 1 aromatic heterocycles. The zero-order valence-electron chi connectivity index (χ0n) is 15.6. The van der Waals surface area contributed by atoms with E-state index in [4.69, 9.17) is 9.47 Å². The van der Waals surface area contributed by atoms with Crippen LogP contribution in [-0.2, 0) is 16.6 Å². The minimum Gasteiger partial charge on any atom is -0.493 e. The molecular weight excluding hydrogens is 350 g/mol. The highest BCUT2D eigenvalue weighted by Gasteiger charge is 2.10. The van der Waals surface area contributed by atoms with Gasteiger partial charge < -0.3 is 24.7 Å². The van der Waals surface area contributed by atoms with Crippen LogP contribution in [0, 0.1) is 6.92 Å². The average molecular weight is 373 g/mol. The van der Waals surface area contributed by atoms with E-state index in [0.717, 1.165) is 11.8 Å². The van der Waals surface area contributed by atoms with Crippen molar-refractivity contribution in [1.29, 1.82) is 0 Å². The number of nitrogens with one attached hydrogen (secondary N) is 2. The summed E-state index contributed by atoms with van der Waals surface area (Å²) >= 11 is 0. The Bertz CT molecular complexity index is 829. The molecule has 0 aliphatic heterocycles. The van der Waals surface area contributed by atoms with Gasteiger partial charge >= 0.3 is 0 Å². The molecule has 0 spiro atoms. The molecule has 0 saturated carbocycles. The standard InChI is InChI=1S/C19H23N3O5/c1-13-7-17(26-3)18(9-16(13)20-12-24)27-6-4-5-19(25)21-14-8-15(11-23)22(2)10-14/h7-12H,4-6H2,1-3H3,(H,20,24)(H,21,25). The Morgan fingerprint density at radius 1 is 1.22 bits per heavy atom. The SMILES string of the molecule is COc1cc(C)c(NC=O)cc1OCCCC(=O)Nc1cc(C=O)n(C)c1. The third kappa shape index (κ3) is 5.34. The molecule has 2 aromatic rings. The van der Waals surface area contributed by atoms with Gasteiger partial charge in [0.25, 0.3) is 0 Å². The molecule has 0 aliphatic carbocycles. The topological polar surface area (TPSA) is 98.7 Å². The first-order chi connectivity index (χ1) is 13.0. The number of hydrogen-bond donors (Lipinski definition) is 2. The van der Waals surface area contributed by atoms with E-state index in [9.17, 15) is 14.4 Å². The van der Waals surface area contributed by atoms with E-state index in [1.54, 1.807) is 36.0 Å². The molecule has 0 radical (unpaired) electrons. The van der Waals surface area contributed by atoms with E-state index >= 15 is 0 Å². The van der Waals surface area contributed by atoms with Crippen molar-refractivity contribution in [3.63, 3.8) is 0 Å². The van der Waals surface area contributed by atoms with Gasteiger partial charge in [-0.1, -0.05) is 0 Å². The number of hydrogen-bond acceptors (Lipinski definition) is 5. The monoisotopic (exact) mass is 373 g/mol. The van der Waals surface area contributed by atoms with E-state index in [2.05, 4.69) is 10.6 Å². The molecule has 2 N–H and O–H groups in total. The zero-order chi connectivity index (χ0) is 19.8. The predicted octanol–water partition coefficient (Wildman–Crippen LogP) is 2.52. The molecule has 0 atom stereocenters. The Balaban J connectivity index is 1.86. The molecule has 0 aliphatic rings. The Morgan fingerprint density at radius 2 is 2.00 bits per heavy atom. The minimum atomic E-state index is -0.166. The molecule has 8 nitrogen and oxygen atoms in total. The Hall–Kier alpha value is -3.29. The second-order valence-electron chi connectivity index (χ2n) is 5.96. The lowest BCUT2D eigenvalue weighted by Gasteiger charge is -2.14. The van der Waals surface area contributed by atoms with Crippen molar-refractivity contribution < 1.29 is 23.9 Å². The molecule has 1 heterocycles. The number of aryl methyl sites for hydroxylation is 2. The second-order valence-corrected chi connectivity index (χ2v) is 5.96. The average Bonchev–Trinajstić information content (AvgIpc) is 3.00. The van der Waals surface area contributed by atoms with Crippen molar-refractivity contribution >= 4 is 30.0 Å². The maximum atomic E-state index is 12.0. The van der Waals surface area contributed by atoms with Gasteiger partial charge in [0.1, 0.15) is 0 Å². The fourth-order valence-electron chi connectivity index (χ4n) is 2.56. The van der Waals surface area contributed by atoms with Crippen LogP contribution >= 0.6 is 0 Å². The molecule has 2 rings (SSSR count). The van der Waals surface area contributed by atoms with E-state index < -0.39 is 0 Å². The van der Waals surface area contributed by atoms with Crippen LogP contribution in [0.3, 0.4) is 0 Å². The maximum Gasteiger partial charge on any atom is 0.224 e. The fourth-order valence-corrected chi connectivity index (χ4v) is 2.56. The van der Waals surface area contributed by atoms with Gasteiger partial charge in [0.05, 0.1) is 25.1 Å². The van der Waals surface area contributed by atoms with Crippen LogP contribution in [0.1, 0.15) is 28.9 Å². The minimum absolute atomic E-state index is 0.166. The highest BCUT2D eigenvalue weighted by atomic mass is 16.5. The number of carbonyl (C=O) groups excluding carboxylic acids is 3. The highest BCUT2D eigenvalue weighted by molar-refractivity contribution is 5.91. The van der Waals surface area contributed by atoms with Gasteiger partial charge in [-0.05, 0) is 31.0 Å². The normalized spacial score (nSPS) is 10.2.